The van der Waals surface area contributed by atoms with Crippen molar-refractivity contribution < 1.29 is 17.9 Å². The summed E-state index contributed by atoms with van der Waals surface area (Å²) < 4.78 is 33.1. The fourth-order valence-corrected chi connectivity index (χ4v) is 6.12. The zero-order valence-electron chi connectivity index (χ0n) is 17.4. The van der Waals surface area contributed by atoms with Gasteiger partial charge in [-0.1, -0.05) is 12.1 Å². The minimum atomic E-state index is -3.64. The Morgan fingerprint density at radius 1 is 1.03 bits per heavy atom. The maximum Gasteiger partial charge on any atom is 0.251 e. The van der Waals surface area contributed by atoms with Gasteiger partial charge in [0.25, 0.3) is 5.91 Å². The van der Waals surface area contributed by atoms with E-state index in [0.717, 1.165) is 18.0 Å². The van der Waals surface area contributed by atoms with Crippen LogP contribution in [-0.4, -0.2) is 52.1 Å². The number of amides is 1. The Labute approximate surface area is 196 Å². The predicted molar refractivity (Wildman–Crippen MR) is 127 cm³/mol. The largest absolute Gasteiger partial charge is 0.379 e. The van der Waals surface area contributed by atoms with E-state index in [-0.39, 0.29) is 23.4 Å². The number of ether oxygens (including phenoxy) is 1. The Morgan fingerprint density at radius 3 is 2.41 bits per heavy atom. The predicted octanol–water partition coefficient (Wildman–Crippen LogP) is 3.09. The van der Waals surface area contributed by atoms with Crippen LogP contribution < -0.4 is 10.0 Å². The lowest BCUT2D eigenvalue weighted by Crippen LogP contribution is -2.43. The maximum atomic E-state index is 12.7. The quantitative estimate of drug-likeness (QED) is 0.480. The first-order valence-electron chi connectivity index (χ1n) is 10.3. The number of sulfonamides is 1. The van der Waals surface area contributed by atoms with Crippen molar-refractivity contribution >= 4 is 38.6 Å². The van der Waals surface area contributed by atoms with Crippen LogP contribution in [0.4, 0.5) is 0 Å². The van der Waals surface area contributed by atoms with Crippen molar-refractivity contribution in [2.24, 2.45) is 0 Å². The number of thiophene rings is 2. The van der Waals surface area contributed by atoms with Crippen molar-refractivity contribution in [2.45, 2.75) is 17.5 Å². The second-order valence-corrected chi connectivity index (χ2v) is 11.1. The number of carbonyl (C=O) groups is 1. The summed E-state index contributed by atoms with van der Waals surface area (Å²) in [5.41, 5.74) is 0.425. The van der Waals surface area contributed by atoms with Gasteiger partial charge >= 0.3 is 0 Å². The monoisotopic (exact) mass is 491 g/mol. The molecule has 0 aliphatic carbocycles. The van der Waals surface area contributed by atoms with E-state index in [9.17, 15) is 13.2 Å². The highest BCUT2D eigenvalue weighted by molar-refractivity contribution is 7.89. The summed E-state index contributed by atoms with van der Waals surface area (Å²) in [5, 5.41) is 6.95. The van der Waals surface area contributed by atoms with Gasteiger partial charge in [-0.05, 0) is 47.2 Å². The van der Waals surface area contributed by atoms with Crippen molar-refractivity contribution in [1.29, 1.82) is 0 Å². The lowest BCUT2D eigenvalue weighted by atomic mass is 10.1. The number of nitrogens with one attached hydrogen (secondary N) is 2. The summed E-state index contributed by atoms with van der Waals surface area (Å²) >= 11 is 3.17. The maximum absolute atomic E-state index is 12.7. The van der Waals surface area contributed by atoms with Crippen molar-refractivity contribution in [3.05, 3.63) is 74.6 Å². The van der Waals surface area contributed by atoms with Crippen molar-refractivity contribution in [3.8, 4) is 0 Å². The Morgan fingerprint density at radius 2 is 1.75 bits per heavy atom. The molecule has 10 heteroatoms. The van der Waals surface area contributed by atoms with Crippen LogP contribution in [0.3, 0.4) is 0 Å². The van der Waals surface area contributed by atoms with Crippen LogP contribution in [0.5, 0.6) is 0 Å². The zero-order valence-corrected chi connectivity index (χ0v) is 19.8. The van der Waals surface area contributed by atoms with E-state index in [2.05, 4.69) is 21.0 Å². The number of benzene rings is 1. The Kier molecular flexibility index (Phi) is 7.71. The first-order chi connectivity index (χ1) is 15.5. The molecule has 0 spiro atoms. The third kappa shape index (κ3) is 5.83. The van der Waals surface area contributed by atoms with Gasteiger partial charge in [0, 0.05) is 41.5 Å². The Balaban J connectivity index is 1.37. The van der Waals surface area contributed by atoms with Crippen LogP contribution in [-0.2, 0) is 21.3 Å². The Bertz CT molecular complexity index is 1090. The molecule has 4 rings (SSSR count). The van der Waals surface area contributed by atoms with Crippen LogP contribution in [0.1, 0.15) is 26.2 Å². The standard InChI is InChI=1S/C22H25N3O4S3/c26-22(23-16-20(21-4-2-14-31-21)25-9-11-29-12-10-25)17-5-7-19(8-6-17)32(27,28)24-15-18-3-1-13-30-18/h1-8,13-14,20,24H,9-12,15-16H2,(H,23,26). The zero-order chi connectivity index (χ0) is 22.4. The molecule has 1 fully saturated rings. The fourth-order valence-electron chi connectivity index (χ4n) is 3.52. The van der Waals surface area contributed by atoms with Crippen LogP contribution in [0.15, 0.2) is 64.2 Å². The van der Waals surface area contributed by atoms with E-state index >= 15 is 0 Å². The molecule has 1 unspecified atom stereocenters. The smallest absolute Gasteiger partial charge is 0.251 e. The lowest BCUT2D eigenvalue weighted by molar-refractivity contribution is 0.0169. The van der Waals surface area contributed by atoms with Crippen LogP contribution in [0.25, 0.3) is 0 Å². The molecule has 1 saturated heterocycles. The normalized spacial score (nSPS) is 16.0. The lowest BCUT2D eigenvalue weighted by Gasteiger charge is -2.34. The minimum Gasteiger partial charge on any atom is -0.379 e. The summed E-state index contributed by atoms with van der Waals surface area (Å²) in [7, 11) is -3.64. The van der Waals surface area contributed by atoms with Gasteiger partial charge < -0.3 is 10.1 Å². The van der Waals surface area contributed by atoms with E-state index in [1.54, 1.807) is 23.5 Å². The van der Waals surface area contributed by atoms with Gasteiger partial charge in [-0.25, -0.2) is 13.1 Å². The van der Waals surface area contributed by atoms with Gasteiger partial charge in [-0.2, -0.15) is 0 Å². The number of nitrogens with zero attached hydrogens (tertiary/aromatic N) is 1. The average molecular weight is 492 g/mol. The number of hydrogen-bond acceptors (Lipinski definition) is 7. The third-order valence-electron chi connectivity index (χ3n) is 5.26. The van der Waals surface area contributed by atoms with Gasteiger partial charge in [0.15, 0.2) is 0 Å². The van der Waals surface area contributed by atoms with Crippen molar-refractivity contribution in [3.63, 3.8) is 0 Å². The molecule has 1 aliphatic rings. The number of morpholine rings is 1. The molecular weight excluding hydrogens is 466 g/mol. The molecule has 1 aromatic carbocycles. The number of carbonyl (C=O) groups excluding carboxylic acids is 1. The number of hydrogen-bond donors (Lipinski definition) is 2. The average Bonchev–Trinajstić information content (AvgIpc) is 3.53. The highest BCUT2D eigenvalue weighted by atomic mass is 32.2. The van der Waals surface area contributed by atoms with Gasteiger partial charge in [0.05, 0.1) is 24.2 Å². The van der Waals surface area contributed by atoms with Crippen molar-refractivity contribution in [2.75, 3.05) is 32.8 Å². The van der Waals surface area contributed by atoms with E-state index in [0.29, 0.717) is 25.3 Å². The highest BCUT2D eigenvalue weighted by Crippen LogP contribution is 2.25. The molecule has 32 heavy (non-hydrogen) atoms. The topological polar surface area (TPSA) is 87.7 Å². The van der Waals surface area contributed by atoms with Crippen LogP contribution in [0.2, 0.25) is 0 Å². The third-order valence-corrected chi connectivity index (χ3v) is 8.52. The number of rotatable bonds is 9. The molecule has 1 atom stereocenters. The van der Waals surface area contributed by atoms with E-state index in [1.807, 2.05) is 29.0 Å². The van der Waals surface area contributed by atoms with E-state index < -0.39 is 10.0 Å². The first kappa shape index (κ1) is 23.1. The summed E-state index contributed by atoms with van der Waals surface area (Å²) in [6, 6.07) is 14.0. The summed E-state index contributed by atoms with van der Waals surface area (Å²) in [6.07, 6.45) is 0. The first-order valence-corrected chi connectivity index (χ1v) is 13.5. The molecule has 3 heterocycles. The second kappa shape index (κ2) is 10.7. The summed E-state index contributed by atoms with van der Waals surface area (Å²) in [4.78, 5) is 17.3. The molecule has 170 valence electrons. The molecule has 3 aromatic rings. The van der Waals surface area contributed by atoms with Gasteiger partial charge in [-0.3, -0.25) is 9.69 Å². The molecule has 0 radical (unpaired) electrons. The summed E-state index contributed by atoms with van der Waals surface area (Å²) in [5.74, 6) is -0.227. The van der Waals surface area contributed by atoms with Crippen LogP contribution >= 0.6 is 22.7 Å². The molecule has 1 amide bonds. The van der Waals surface area contributed by atoms with Gasteiger partial charge in [-0.15, -0.1) is 22.7 Å². The molecule has 0 saturated carbocycles. The van der Waals surface area contributed by atoms with E-state index in [4.69, 9.17) is 4.74 Å². The molecule has 2 aromatic heterocycles. The molecular formula is C22H25N3O4S3. The summed E-state index contributed by atoms with van der Waals surface area (Å²) in [6.45, 7) is 3.74. The SMILES string of the molecule is O=C(NCC(c1cccs1)N1CCOCC1)c1ccc(S(=O)(=O)NCc2cccs2)cc1. The molecule has 2 N–H and O–H groups in total. The van der Waals surface area contributed by atoms with E-state index in [1.165, 1.54) is 28.3 Å². The highest BCUT2D eigenvalue weighted by Gasteiger charge is 2.24. The van der Waals surface area contributed by atoms with Gasteiger partial charge in [0.2, 0.25) is 10.0 Å². The molecule has 7 nitrogen and oxygen atoms in total. The molecule has 0 bridgehead atoms. The van der Waals surface area contributed by atoms with Crippen LogP contribution in [0, 0.1) is 0 Å². The molecule has 1 aliphatic heterocycles. The minimum absolute atomic E-state index is 0.0870. The fraction of sp³-hybridized carbons (Fsp3) is 0.318. The van der Waals surface area contributed by atoms with Gasteiger partial charge in [0.1, 0.15) is 0 Å². The second-order valence-electron chi connectivity index (χ2n) is 7.32. The van der Waals surface area contributed by atoms with Crippen molar-refractivity contribution in [1.82, 2.24) is 14.9 Å². The Hall–Kier alpha value is -2.08.